The second-order valence-corrected chi connectivity index (χ2v) is 9.27. The molecule has 0 atom stereocenters. The van der Waals surface area contributed by atoms with Crippen molar-refractivity contribution in [1.29, 1.82) is 0 Å². The van der Waals surface area contributed by atoms with Crippen LogP contribution in [0.2, 0.25) is 0 Å². The quantitative estimate of drug-likeness (QED) is 0.560. The lowest BCUT2D eigenvalue weighted by Gasteiger charge is -2.14. The number of para-hydroxylation sites is 1. The molecule has 0 fully saturated rings. The third kappa shape index (κ3) is 2.95. The molecule has 0 amide bonds. The minimum atomic E-state index is -3.61. The number of sulfonamides is 1. The van der Waals surface area contributed by atoms with Gasteiger partial charge in [-0.15, -0.1) is 0 Å². The van der Waals surface area contributed by atoms with Gasteiger partial charge in [0.1, 0.15) is 5.69 Å². The minimum Gasteiger partial charge on any atom is -0.358 e. The van der Waals surface area contributed by atoms with Gasteiger partial charge in [0, 0.05) is 42.8 Å². The molecule has 0 spiro atoms. The summed E-state index contributed by atoms with van der Waals surface area (Å²) in [6, 6.07) is 12.4. The standard InChI is InChI=1S/C21H22N4O3S/c1-5-25-18-11-10-14(29(27,28)24(3)4)12-17(18)23-20(21(25)26)19-13(2)22-16-9-7-6-8-15(16)19/h6-12,22H,5H2,1-4H3. The van der Waals surface area contributed by atoms with Crippen LogP contribution in [0.15, 0.2) is 52.2 Å². The van der Waals surface area contributed by atoms with E-state index >= 15 is 0 Å². The molecule has 2 aromatic carbocycles. The Morgan fingerprint density at radius 1 is 1.14 bits per heavy atom. The van der Waals surface area contributed by atoms with Crippen LogP contribution in [0.3, 0.4) is 0 Å². The fourth-order valence-corrected chi connectivity index (χ4v) is 4.58. The van der Waals surface area contributed by atoms with Gasteiger partial charge in [0.15, 0.2) is 0 Å². The third-order valence-electron chi connectivity index (χ3n) is 5.14. The first-order valence-electron chi connectivity index (χ1n) is 9.30. The fourth-order valence-electron chi connectivity index (χ4n) is 3.66. The molecule has 8 heteroatoms. The molecule has 29 heavy (non-hydrogen) atoms. The van der Waals surface area contributed by atoms with Crippen molar-refractivity contribution in [3.63, 3.8) is 0 Å². The number of rotatable bonds is 4. The van der Waals surface area contributed by atoms with E-state index in [0.29, 0.717) is 23.3 Å². The zero-order valence-electron chi connectivity index (χ0n) is 16.7. The number of benzene rings is 2. The first kappa shape index (κ1) is 19.4. The van der Waals surface area contributed by atoms with Crippen molar-refractivity contribution in [2.24, 2.45) is 0 Å². The number of aromatic amines is 1. The summed E-state index contributed by atoms with van der Waals surface area (Å²) in [6.45, 7) is 4.24. The normalized spacial score (nSPS) is 12.3. The van der Waals surface area contributed by atoms with Crippen molar-refractivity contribution >= 4 is 32.0 Å². The first-order valence-corrected chi connectivity index (χ1v) is 10.7. The van der Waals surface area contributed by atoms with Crippen LogP contribution in [0.5, 0.6) is 0 Å². The second-order valence-electron chi connectivity index (χ2n) is 7.12. The number of hydrogen-bond acceptors (Lipinski definition) is 4. The Morgan fingerprint density at radius 3 is 2.55 bits per heavy atom. The van der Waals surface area contributed by atoms with Gasteiger partial charge in [-0.05, 0) is 38.1 Å². The number of fused-ring (bicyclic) bond motifs is 2. The average molecular weight is 410 g/mol. The summed E-state index contributed by atoms with van der Waals surface area (Å²) in [5.41, 5.74) is 3.70. The molecule has 150 valence electrons. The monoisotopic (exact) mass is 410 g/mol. The molecule has 0 radical (unpaired) electrons. The first-order chi connectivity index (χ1) is 13.8. The van der Waals surface area contributed by atoms with Crippen molar-refractivity contribution in [3.8, 4) is 11.3 Å². The maximum atomic E-state index is 13.3. The largest absolute Gasteiger partial charge is 0.358 e. The average Bonchev–Trinajstić information content (AvgIpc) is 3.02. The highest BCUT2D eigenvalue weighted by Gasteiger charge is 2.21. The van der Waals surface area contributed by atoms with Gasteiger partial charge >= 0.3 is 0 Å². The van der Waals surface area contributed by atoms with E-state index in [0.717, 1.165) is 26.5 Å². The predicted octanol–water partition coefficient (Wildman–Crippen LogP) is 3.12. The summed E-state index contributed by atoms with van der Waals surface area (Å²) in [7, 11) is -0.634. The third-order valence-corrected chi connectivity index (χ3v) is 6.95. The summed E-state index contributed by atoms with van der Waals surface area (Å²) < 4.78 is 27.9. The van der Waals surface area contributed by atoms with E-state index in [1.807, 2.05) is 38.1 Å². The van der Waals surface area contributed by atoms with Crippen molar-refractivity contribution in [3.05, 3.63) is 58.5 Å². The number of nitrogens with one attached hydrogen (secondary N) is 1. The van der Waals surface area contributed by atoms with E-state index in [-0.39, 0.29) is 10.5 Å². The predicted molar refractivity (Wildman–Crippen MR) is 115 cm³/mol. The summed E-state index contributed by atoms with van der Waals surface area (Å²) >= 11 is 0. The Hall–Kier alpha value is -2.97. The Balaban J connectivity index is 2.08. The lowest BCUT2D eigenvalue weighted by molar-refractivity contribution is 0.521. The van der Waals surface area contributed by atoms with Gasteiger partial charge < -0.3 is 9.55 Å². The van der Waals surface area contributed by atoms with Crippen molar-refractivity contribution < 1.29 is 8.42 Å². The zero-order chi connectivity index (χ0) is 20.9. The van der Waals surface area contributed by atoms with E-state index in [4.69, 9.17) is 0 Å². The fraction of sp³-hybridized carbons (Fsp3) is 0.238. The van der Waals surface area contributed by atoms with Crippen molar-refractivity contribution in [2.75, 3.05) is 14.1 Å². The van der Waals surface area contributed by atoms with E-state index in [9.17, 15) is 13.2 Å². The van der Waals surface area contributed by atoms with Crippen LogP contribution in [-0.2, 0) is 16.6 Å². The Kier molecular flexibility index (Phi) is 4.55. The summed E-state index contributed by atoms with van der Waals surface area (Å²) in [6.07, 6.45) is 0. The Morgan fingerprint density at radius 2 is 1.86 bits per heavy atom. The van der Waals surface area contributed by atoms with E-state index in [2.05, 4.69) is 9.97 Å². The minimum absolute atomic E-state index is 0.144. The van der Waals surface area contributed by atoms with E-state index in [1.165, 1.54) is 26.2 Å². The topological polar surface area (TPSA) is 88.1 Å². The van der Waals surface area contributed by atoms with Crippen molar-refractivity contribution in [2.45, 2.75) is 25.3 Å². The molecule has 4 aromatic rings. The van der Waals surface area contributed by atoms with Crippen LogP contribution in [0, 0.1) is 6.92 Å². The highest BCUT2D eigenvalue weighted by molar-refractivity contribution is 7.89. The Bertz CT molecular complexity index is 1420. The van der Waals surface area contributed by atoms with Gasteiger partial charge in [0.2, 0.25) is 10.0 Å². The van der Waals surface area contributed by atoms with Gasteiger partial charge in [-0.1, -0.05) is 18.2 Å². The van der Waals surface area contributed by atoms with Crippen LogP contribution in [-0.4, -0.2) is 41.4 Å². The molecule has 0 aliphatic rings. The maximum Gasteiger partial charge on any atom is 0.277 e. The highest BCUT2D eigenvalue weighted by Crippen LogP contribution is 2.30. The number of nitrogens with zero attached hydrogens (tertiary/aromatic N) is 3. The number of aryl methyl sites for hydroxylation is 2. The molecule has 0 aliphatic heterocycles. The molecule has 2 heterocycles. The van der Waals surface area contributed by atoms with Gasteiger partial charge in [-0.3, -0.25) is 4.79 Å². The zero-order valence-corrected chi connectivity index (χ0v) is 17.5. The Labute approximate surface area is 168 Å². The molecule has 2 aromatic heterocycles. The van der Waals surface area contributed by atoms with Gasteiger partial charge in [0.05, 0.1) is 15.9 Å². The molecule has 0 saturated heterocycles. The molecule has 0 bridgehead atoms. The van der Waals surface area contributed by atoms with Crippen LogP contribution >= 0.6 is 0 Å². The number of hydrogen-bond donors (Lipinski definition) is 1. The van der Waals surface area contributed by atoms with Crippen molar-refractivity contribution in [1.82, 2.24) is 18.8 Å². The number of aromatic nitrogens is 3. The molecular weight excluding hydrogens is 388 g/mol. The summed E-state index contributed by atoms with van der Waals surface area (Å²) in [4.78, 5) is 21.3. The van der Waals surface area contributed by atoms with Gasteiger partial charge in [-0.25, -0.2) is 17.7 Å². The smallest absolute Gasteiger partial charge is 0.277 e. The van der Waals surface area contributed by atoms with Crippen LogP contribution in [0.4, 0.5) is 0 Å². The summed E-state index contributed by atoms with van der Waals surface area (Å²) in [5.74, 6) is 0. The molecule has 7 nitrogen and oxygen atoms in total. The maximum absolute atomic E-state index is 13.3. The molecule has 0 unspecified atom stereocenters. The lowest BCUT2D eigenvalue weighted by atomic mass is 10.1. The van der Waals surface area contributed by atoms with Crippen LogP contribution < -0.4 is 5.56 Å². The molecule has 0 saturated carbocycles. The van der Waals surface area contributed by atoms with Gasteiger partial charge in [-0.2, -0.15) is 0 Å². The molecular formula is C21H22N4O3S. The highest BCUT2D eigenvalue weighted by atomic mass is 32.2. The SMILES string of the molecule is CCn1c(=O)c(-c2c(C)[nH]c3ccccc23)nc2cc(S(=O)(=O)N(C)C)ccc21. The van der Waals surface area contributed by atoms with Gasteiger partial charge in [0.25, 0.3) is 5.56 Å². The van der Waals surface area contributed by atoms with E-state index < -0.39 is 10.0 Å². The lowest BCUT2D eigenvalue weighted by Crippen LogP contribution is -2.24. The van der Waals surface area contributed by atoms with Crippen LogP contribution in [0.25, 0.3) is 33.2 Å². The molecule has 1 N–H and O–H groups in total. The second kappa shape index (κ2) is 6.82. The molecule has 4 rings (SSSR count). The van der Waals surface area contributed by atoms with E-state index in [1.54, 1.807) is 10.6 Å². The molecule has 0 aliphatic carbocycles. The summed E-state index contributed by atoms with van der Waals surface area (Å²) in [5, 5.41) is 0.911. The van der Waals surface area contributed by atoms with Crippen LogP contribution in [0.1, 0.15) is 12.6 Å². The number of H-pyrrole nitrogens is 1.